The van der Waals surface area contributed by atoms with Gasteiger partial charge in [0.2, 0.25) is 0 Å². The Morgan fingerprint density at radius 2 is 1.50 bits per heavy atom. The predicted molar refractivity (Wildman–Crippen MR) is 118 cm³/mol. The quantitative estimate of drug-likeness (QED) is 0.305. The summed E-state index contributed by atoms with van der Waals surface area (Å²) in [5.41, 5.74) is 1.41. The van der Waals surface area contributed by atoms with Gasteiger partial charge in [-0.1, -0.05) is 38.2 Å². The lowest BCUT2D eigenvalue weighted by molar-refractivity contribution is -0.147. The molecular formula is C25H38O5. The number of carboxylic acid groups (broad SMARTS) is 2. The lowest BCUT2D eigenvalue weighted by Gasteiger charge is -2.18. The number of hydrogen-bond acceptors (Lipinski definition) is 3. The first-order chi connectivity index (χ1) is 14.2. The van der Waals surface area contributed by atoms with Crippen molar-refractivity contribution in [3.05, 3.63) is 29.3 Å². The smallest absolute Gasteiger partial charge is 0.309 e. The molecule has 0 spiro atoms. The second-order valence-corrected chi connectivity index (χ2v) is 9.70. The fraction of sp³-hybridized carbons (Fsp3) is 0.680. The summed E-state index contributed by atoms with van der Waals surface area (Å²) in [7, 11) is 0. The summed E-state index contributed by atoms with van der Waals surface area (Å²) in [6, 6.07) is 5.63. The highest BCUT2D eigenvalue weighted by Crippen LogP contribution is 2.50. The minimum absolute atomic E-state index is 0.299. The van der Waals surface area contributed by atoms with Gasteiger partial charge in [-0.3, -0.25) is 9.59 Å². The zero-order chi connectivity index (χ0) is 22.2. The fourth-order valence-corrected chi connectivity index (χ4v) is 4.11. The van der Waals surface area contributed by atoms with Gasteiger partial charge in [0.25, 0.3) is 0 Å². The average Bonchev–Trinajstić information content (AvgIpc) is 3.46. The summed E-state index contributed by atoms with van der Waals surface area (Å²) >= 11 is 0. The molecule has 5 nitrogen and oxygen atoms in total. The number of carbonyl (C=O) groups is 2. The van der Waals surface area contributed by atoms with E-state index in [0.717, 1.165) is 77.0 Å². The maximum Gasteiger partial charge on any atom is 0.309 e. The van der Waals surface area contributed by atoms with E-state index in [4.69, 9.17) is 0 Å². The first kappa shape index (κ1) is 24.2. The predicted octanol–water partition coefficient (Wildman–Crippen LogP) is 5.96. The van der Waals surface area contributed by atoms with E-state index in [1.807, 2.05) is 12.1 Å². The van der Waals surface area contributed by atoms with Gasteiger partial charge in [-0.25, -0.2) is 0 Å². The van der Waals surface area contributed by atoms with Crippen molar-refractivity contribution in [2.45, 2.75) is 97.3 Å². The third-order valence-corrected chi connectivity index (χ3v) is 6.68. The number of benzene rings is 1. The van der Waals surface area contributed by atoms with Gasteiger partial charge in [0.05, 0.1) is 10.8 Å². The Kier molecular flexibility index (Phi) is 8.75. The Bertz CT molecular complexity index is 718. The number of unbranched alkanes of at least 4 members (excludes halogenated alkanes) is 5. The number of phenols is 1. The Hall–Kier alpha value is -2.04. The topological polar surface area (TPSA) is 94.8 Å². The van der Waals surface area contributed by atoms with Crippen LogP contribution in [0.4, 0.5) is 0 Å². The molecule has 3 N–H and O–H groups in total. The Morgan fingerprint density at radius 1 is 0.900 bits per heavy atom. The molecule has 1 aromatic carbocycles. The molecule has 0 heterocycles. The van der Waals surface area contributed by atoms with Gasteiger partial charge in [-0.05, 0) is 88.5 Å². The molecule has 0 amide bonds. The second kappa shape index (κ2) is 10.8. The van der Waals surface area contributed by atoms with Crippen molar-refractivity contribution in [2.75, 3.05) is 0 Å². The van der Waals surface area contributed by atoms with Crippen molar-refractivity contribution in [3.63, 3.8) is 0 Å². The highest BCUT2D eigenvalue weighted by atomic mass is 16.4. The molecule has 0 atom stereocenters. The standard InChI is InChI=1S/C25H38O5/c1-24(2,22(27)28)14-8-4-3-6-10-19-12-13-21(26)18-20(19)11-7-5-9-15-25(16-17-25)23(29)30/h12-13,18,26H,3-11,14-17H2,1-2H3,(H,27,28)(H,29,30). The van der Waals surface area contributed by atoms with Crippen LogP contribution in [0.5, 0.6) is 5.75 Å². The normalized spacial score (nSPS) is 15.1. The van der Waals surface area contributed by atoms with Gasteiger partial charge in [0.15, 0.2) is 0 Å². The van der Waals surface area contributed by atoms with Crippen LogP contribution < -0.4 is 0 Å². The van der Waals surface area contributed by atoms with E-state index in [1.54, 1.807) is 19.9 Å². The highest BCUT2D eigenvalue weighted by Gasteiger charge is 2.49. The van der Waals surface area contributed by atoms with Crippen molar-refractivity contribution in [2.24, 2.45) is 10.8 Å². The molecule has 0 unspecified atom stereocenters. The third-order valence-electron chi connectivity index (χ3n) is 6.68. The second-order valence-electron chi connectivity index (χ2n) is 9.70. The number of aromatic hydroxyl groups is 1. The highest BCUT2D eigenvalue weighted by molar-refractivity contribution is 5.77. The van der Waals surface area contributed by atoms with Crippen LogP contribution in [0, 0.1) is 10.8 Å². The number of aryl methyl sites for hydroxylation is 2. The molecule has 1 aromatic rings. The van der Waals surface area contributed by atoms with Gasteiger partial charge >= 0.3 is 11.9 Å². The fourth-order valence-electron chi connectivity index (χ4n) is 4.11. The van der Waals surface area contributed by atoms with Crippen LogP contribution in [0.15, 0.2) is 18.2 Å². The third kappa shape index (κ3) is 7.33. The van der Waals surface area contributed by atoms with Gasteiger partial charge in [0.1, 0.15) is 5.75 Å². The van der Waals surface area contributed by atoms with Crippen molar-refractivity contribution in [1.29, 1.82) is 0 Å². The zero-order valence-corrected chi connectivity index (χ0v) is 18.6. The first-order valence-electron chi connectivity index (χ1n) is 11.4. The molecule has 30 heavy (non-hydrogen) atoms. The number of carboxylic acids is 2. The van der Waals surface area contributed by atoms with Gasteiger partial charge in [-0.2, -0.15) is 0 Å². The largest absolute Gasteiger partial charge is 0.508 e. The average molecular weight is 419 g/mol. The van der Waals surface area contributed by atoms with Crippen LogP contribution in [-0.2, 0) is 22.4 Å². The zero-order valence-electron chi connectivity index (χ0n) is 18.6. The molecule has 1 aliphatic rings. The molecule has 2 rings (SSSR count). The van der Waals surface area contributed by atoms with E-state index in [-0.39, 0.29) is 0 Å². The maximum atomic E-state index is 11.2. The molecule has 0 aliphatic heterocycles. The van der Waals surface area contributed by atoms with Crippen LogP contribution in [0.3, 0.4) is 0 Å². The van der Waals surface area contributed by atoms with Gasteiger partial charge in [0, 0.05) is 0 Å². The van der Waals surface area contributed by atoms with Crippen LogP contribution in [0.2, 0.25) is 0 Å². The molecule has 168 valence electrons. The molecule has 1 fully saturated rings. The van der Waals surface area contributed by atoms with Crippen molar-refractivity contribution in [3.8, 4) is 5.75 Å². The summed E-state index contributed by atoms with van der Waals surface area (Å²) in [6.45, 7) is 3.56. The number of hydrogen-bond donors (Lipinski definition) is 3. The van der Waals surface area contributed by atoms with E-state index in [2.05, 4.69) is 0 Å². The first-order valence-corrected chi connectivity index (χ1v) is 11.4. The molecule has 1 aliphatic carbocycles. The van der Waals surface area contributed by atoms with Gasteiger partial charge in [-0.15, -0.1) is 0 Å². The summed E-state index contributed by atoms with van der Waals surface area (Å²) in [6.07, 6.45) is 12.1. The lowest BCUT2D eigenvalue weighted by Crippen LogP contribution is -2.23. The summed E-state index contributed by atoms with van der Waals surface area (Å²) < 4.78 is 0. The molecule has 0 saturated heterocycles. The summed E-state index contributed by atoms with van der Waals surface area (Å²) in [5.74, 6) is -1.07. The Balaban J connectivity index is 1.69. The molecule has 0 bridgehead atoms. The maximum absolute atomic E-state index is 11.2. The van der Waals surface area contributed by atoms with Crippen LogP contribution >= 0.6 is 0 Å². The number of phenolic OH excluding ortho intramolecular Hbond substituents is 1. The lowest BCUT2D eigenvalue weighted by atomic mass is 9.87. The van der Waals surface area contributed by atoms with E-state index < -0.39 is 22.8 Å². The van der Waals surface area contributed by atoms with E-state index in [0.29, 0.717) is 12.2 Å². The minimum Gasteiger partial charge on any atom is -0.508 e. The summed E-state index contributed by atoms with van der Waals surface area (Å²) in [5, 5.41) is 28.3. The molecule has 0 radical (unpaired) electrons. The van der Waals surface area contributed by atoms with Crippen molar-refractivity contribution < 1.29 is 24.9 Å². The van der Waals surface area contributed by atoms with Crippen molar-refractivity contribution >= 4 is 11.9 Å². The minimum atomic E-state index is -0.730. The number of rotatable bonds is 15. The monoisotopic (exact) mass is 418 g/mol. The van der Waals surface area contributed by atoms with Crippen LogP contribution in [0.25, 0.3) is 0 Å². The SMILES string of the molecule is CC(C)(CCCCCCc1ccc(O)cc1CCCCCC1(C(=O)O)CC1)C(=O)O. The van der Waals surface area contributed by atoms with Crippen molar-refractivity contribution in [1.82, 2.24) is 0 Å². The van der Waals surface area contributed by atoms with E-state index in [9.17, 15) is 24.9 Å². The Labute approximate surface area is 180 Å². The molecular weight excluding hydrogens is 380 g/mol. The Morgan fingerprint density at radius 3 is 2.10 bits per heavy atom. The van der Waals surface area contributed by atoms with Gasteiger partial charge < -0.3 is 15.3 Å². The molecule has 1 saturated carbocycles. The molecule has 0 aromatic heterocycles. The van der Waals surface area contributed by atoms with E-state index in [1.165, 1.54) is 11.1 Å². The van der Waals surface area contributed by atoms with E-state index >= 15 is 0 Å². The molecule has 5 heteroatoms. The summed E-state index contributed by atoms with van der Waals surface area (Å²) in [4.78, 5) is 22.4. The van der Waals surface area contributed by atoms with Crippen LogP contribution in [-0.4, -0.2) is 27.3 Å². The number of aliphatic carboxylic acids is 2. The van der Waals surface area contributed by atoms with Crippen LogP contribution in [0.1, 0.15) is 95.6 Å².